The first-order valence-electron chi connectivity index (χ1n) is 9.26. The molecule has 172 valence electrons. The van der Waals surface area contributed by atoms with Gasteiger partial charge in [-0.05, 0) is 48.4 Å². The minimum atomic E-state index is -4.71. The Balaban J connectivity index is 2.34. The van der Waals surface area contributed by atoms with Crippen LogP contribution in [-0.2, 0) is 32.3 Å². The molecule has 2 N–H and O–H groups in total. The lowest BCUT2D eigenvalue weighted by Gasteiger charge is -2.13. The van der Waals surface area contributed by atoms with Gasteiger partial charge in [-0.2, -0.15) is 13.2 Å². The molecule has 32 heavy (non-hydrogen) atoms. The number of halogens is 3. The lowest BCUT2D eigenvalue weighted by atomic mass is 10.1. The van der Waals surface area contributed by atoms with E-state index in [0.717, 1.165) is 25.3 Å². The second-order valence-electron chi connectivity index (χ2n) is 6.65. The maximum atomic E-state index is 12.9. The summed E-state index contributed by atoms with van der Waals surface area (Å²) in [6.07, 6.45) is -2.46. The first kappa shape index (κ1) is 24.9. The zero-order chi connectivity index (χ0) is 23.9. The molecule has 11 heteroatoms. The van der Waals surface area contributed by atoms with Crippen LogP contribution in [0.5, 0.6) is 0 Å². The molecule has 2 aromatic carbocycles. The van der Waals surface area contributed by atoms with Gasteiger partial charge in [-0.3, -0.25) is 9.52 Å². The van der Waals surface area contributed by atoms with Crippen LogP contribution in [0.15, 0.2) is 60.0 Å². The average Bonchev–Trinajstić information content (AvgIpc) is 2.74. The predicted octanol–water partition coefficient (Wildman–Crippen LogP) is 3.88. The fraction of sp³-hybridized carbons (Fsp3) is 0.238. The van der Waals surface area contributed by atoms with Gasteiger partial charge in [0.05, 0.1) is 28.8 Å². The summed E-state index contributed by atoms with van der Waals surface area (Å²) in [6.45, 7) is 3.51. The number of nitrogens with one attached hydrogen (secondary N) is 2. The summed E-state index contributed by atoms with van der Waals surface area (Å²) in [6, 6.07) is 7.19. The molecule has 0 aliphatic rings. The van der Waals surface area contributed by atoms with E-state index in [2.05, 4.69) is 21.4 Å². The average molecular weight is 470 g/mol. The highest BCUT2D eigenvalue weighted by atomic mass is 32.2. The third kappa shape index (κ3) is 6.84. The molecule has 2 aromatic rings. The number of allylic oxidation sites excluding steroid dienone is 1. The molecular weight excluding hydrogens is 449 g/mol. The van der Waals surface area contributed by atoms with E-state index in [9.17, 15) is 31.2 Å². The summed E-state index contributed by atoms with van der Waals surface area (Å²) in [5, 5.41) is 2.62. The van der Waals surface area contributed by atoms with Crippen LogP contribution in [0, 0.1) is 0 Å². The maximum Gasteiger partial charge on any atom is 0.416 e. The van der Waals surface area contributed by atoms with Crippen LogP contribution in [0.25, 0.3) is 0 Å². The molecule has 0 fully saturated rings. The lowest BCUT2D eigenvalue weighted by molar-refractivity contribution is -0.137. The number of rotatable bonds is 9. The van der Waals surface area contributed by atoms with Gasteiger partial charge in [0.25, 0.3) is 10.0 Å². The highest BCUT2D eigenvalue weighted by Crippen LogP contribution is 2.31. The van der Waals surface area contributed by atoms with E-state index in [-0.39, 0.29) is 30.1 Å². The van der Waals surface area contributed by atoms with Gasteiger partial charge in [0.15, 0.2) is 0 Å². The second kappa shape index (κ2) is 10.3. The summed E-state index contributed by atoms with van der Waals surface area (Å²) in [5.41, 5.74) is -0.832. The van der Waals surface area contributed by atoms with Crippen LogP contribution in [0.2, 0.25) is 0 Å². The van der Waals surface area contributed by atoms with Gasteiger partial charge in [-0.15, -0.1) is 6.58 Å². The minimum Gasteiger partial charge on any atom is -0.465 e. The standard InChI is InChI=1S/C21H21F3N2O5S/c1-3-4-8-19(27)25-13-14-9-15(20(28)31-2)11-17(10-14)26-32(29,30)18-7-5-6-16(12-18)21(22,23)24/h3,5-7,9-12,26H,1,4,8,13H2,2H3,(H,25,27). The summed E-state index contributed by atoms with van der Waals surface area (Å²) in [5.74, 6) is -1.04. The number of amides is 1. The van der Waals surface area contributed by atoms with Gasteiger partial charge in [0.1, 0.15) is 0 Å². The van der Waals surface area contributed by atoms with Crippen LogP contribution in [0.3, 0.4) is 0 Å². The Labute approximate surface area is 183 Å². The fourth-order valence-electron chi connectivity index (χ4n) is 2.66. The van der Waals surface area contributed by atoms with Gasteiger partial charge < -0.3 is 10.1 Å². The van der Waals surface area contributed by atoms with E-state index in [4.69, 9.17) is 0 Å². The van der Waals surface area contributed by atoms with Crippen molar-refractivity contribution in [1.29, 1.82) is 0 Å². The van der Waals surface area contributed by atoms with Crippen LogP contribution in [-0.4, -0.2) is 27.4 Å². The van der Waals surface area contributed by atoms with Crippen molar-refractivity contribution in [2.75, 3.05) is 11.8 Å². The Hall–Kier alpha value is -3.34. The SMILES string of the molecule is C=CCCC(=O)NCc1cc(NS(=O)(=O)c2cccc(C(F)(F)F)c2)cc(C(=O)OC)c1. The number of hydrogen-bond acceptors (Lipinski definition) is 5. The van der Waals surface area contributed by atoms with Gasteiger partial charge >= 0.3 is 12.1 Å². The van der Waals surface area contributed by atoms with Crippen molar-refractivity contribution in [2.24, 2.45) is 0 Å². The fourth-order valence-corrected chi connectivity index (χ4v) is 3.75. The molecule has 0 atom stereocenters. The van der Waals surface area contributed by atoms with Crippen LogP contribution >= 0.6 is 0 Å². The zero-order valence-electron chi connectivity index (χ0n) is 17.0. The third-order valence-electron chi connectivity index (χ3n) is 4.20. The van der Waals surface area contributed by atoms with Gasteiger partial charge in [-0.25, -0.2) is 13.2 Å². The number of alkyl halides is 3. The lowest BCUT2D eigenvalue weighted by Crippen LogP contribution is -2.22. The molecule has 1 amide bonds. The molecule has 0 bridgehead atoms. The van der Waals surface area contributed by atoms with Crippen molar-refractivity contribution in [3.63, 3.8) is 0 Å². The molecule has 0 saturated carbocycles. The number of carbonyl (C=O) groups is 2. The zero-order valence-corrected chi connectivity index (χ0v) is 17.8. The van der Waals surface area contributed by atoms with E-state index >= 15 is 0 Å². The van der Waals surface area contributed by atoms with Crippen LogP contribution in [0.1, 0.15) is 34.3 Å². The molecule has 2 rings (SSSR count). The van der Waals surface area contributed by atoms with Crippen molar-refractivity contribution in [3.8, 4) is 0 Å². The smallest absolute Gasteiger partial charge is 0.416 e. The Morgan fingerprint density at radius 1 is 1.16 bits per heavy atom. The van der Waals surface area contributed by atoms with Crippen molar-refractivity contribution < 1.29 is 35.9 Å². The highest BCUT2D eigenvalue weighted by Gasteiger charge is 2.31. The number of esters is 1. The van der Waals surface area contributed by atoms with Crippen LogP contribution < -0.4 is 10.0 Å². The Morgan fingerprint density at radius 2 is 1.88 bits per heavy atom. The molecular formula is C21H21F3N2O5S. The molecule has 0 radical (unpaired) electrons. The molecule has 0 aliphatic heterocycles. The number of benzene rings is 2. The van der Waals surface area contributed by atoms with Crippen molar-refractivity contribution in [1.82, 2.24) is 5.32 Å². The molecule has 0 aromatic heterocycles. The normalized spacial score (nSPS) is 11.5. The van der Waals surface area contributed by atoms with Gasteiger partial charge in [0.2, 0.25) is 5.91 Å². The Morgan fingerprint density at radius 3 is 2.50 bits per heavy atom. The number of carbonyl (C=O) groups excluding carboxylic acids is 2. The molecule has 0 saturated heterocycles. The van der Waals surface area contributed by atoms with E-state index in [1.165, 1.54) is 18.2 Å². The summed E-state index contributed by atoms with van der Waals surface area (Å²) in [4.78, 5) is 23.2. The number of anilines is 1. The van der Waals surface area contributed by atoms with E-state index in [0.29, 0.717) is 18.1 Å². The number of hydrogen-bond donors (Lipinski definition) is 2. The number of ether oxygens (including phenoxy) is 1. The van der Waals surface area contributed by atoms with Crippen molar-refractivity contribution in [3.05, 3.63) is 71.8 Å². The largest absolute Gasteiger partial charge is 0.465 e. The molecule has 0 aliphatic carbocycles. The Kier molecular flexibility index (Phi) is 8.03. The first-order chi connectivity index (χ1) is 15.0. The maximum absolute atomic E-state index is 12.9. The number of methoxy groups -OCH3 is 1. The van der Waals surface area contributed by atoms with Crippen molar-refractivity contribution in [2.45, 2.75) is 30.5 Å². The third-order valence-corrected chi connectivity index (χ3v) is 5.58. The van der Waals surface area contributed by atoms with E-state index in [1.807, 2.05) is 0 Å². The topological polar surface area (TPSA) is 102 Å². The first-order valence-corrected chi connectivity index (χ1v) is 10.7. The molecule has 0 spiro atoms. The monoisotopic (exact) mass is 470 g/mol. The summed E-state index contributed by atoms with van der Waals surface area (Å²) in [7, 11) is -3.27. The van der Waals surface area contributed by atoms with Crippen LogP contribution in [0.4, 0.5) is 18.9 Å². The van der Waals surface area contributed by atoms with Gasteiger partial charge in [0, 0.05) is 13.0 Å². The molecule has 0 unspecified atom stereocenters. The summed E-state index contributed by atoms with van der Waals surface area (Å²) >= 11 is 0. The van der Waals surface area contributed by atoms with Crippen molar-refractivity contribution >= 4 is 27.6 Å². The quantitative estimate of drug-likeness (QED) is 0.428. The Bertz CT molecular complexity index is 1110. The second-order valence-corrected chi connectivity index (χ2v) is 8.33. The molecule has 7 nitrogen and oxygen atoms in total. The summed E-state index contributed by atoms with van der Waals surface area (Å²) < 4.78 is 70.9. The minimum absolute atomic E-state index is 0.00733. The highest BCUT2D eigenvalue weighted by molar-refractivity contribution is 7.92. The van der Waals surface area contributed by atoms with Gasteiger partial charge in [-0.1, -0.05) is 12.1 Å². The van der Waals surface area contributed by atoms with E-state index < -0.39 is 32.6 Å². The van der Waals surface area contributed by atoms with E-state index in [1.54, 1.807) is 6.08 Å². The predicted molar refractivity (Wildman–Crippen MR) is 111 cm³/mol. The number of sulfonamides is 1. The molecule has 0 heterocycles.